The van der Waals surface area contributed by atoms with Gasteiger partial charge >= 0.3 is 6.18 Å². The topological polar surface area (TPSA) is 82.0 Å². The van der Waals surface area contributed by atoms with Gasteiger partial charge in [0.05, 0.1) is 11.6 Å². The molecule has 2 amide bonds. The number of nitrogens with zero attached hydrogens (tertiary/aromatic N) is 1. The summed E-state index contributed by atoms with van der Waals surface area (Å²) in [6.45, 7) is -0.213. The first-order valence-corrected chi connectivity index (χ1v) is 9.71. The Balaban J connectivity index is 2.01. The van der Waals surface area contributed by atoms with Crippen LogP contribution in [0.2, 0.25) is 0 Å². The number of thioether (sulfide) groups is 1. The van der Waals surface area contributed by atoms with Crippen LogP contribution in [0.4, 0.5) is 13.2 Å². The predicted molar refractivity (Wildman–Crippen MR) is 104 cm³/mol. The number of benzene rings is 2. The van der Waals surface area contributed by atoms with Gasteiger partial charge in [-0.05, 0) is 23.8 Å². The van der Waals surface area contributed by atoms with E-state index >= 15 is 0 Å². The number of carbonyl (C=O) groups is 2. The van der Waals surface area contributed by atoms with Crippen LogP contribution in [0.15, 0.2) is 54.6 Å². The molecule has 5 nitrogen and oxygen atoms in total. The van der Waals surface area contributed by atoms with Crippen LogP contribution in [0.25, 0.3) is 0 Å². The van der Waals surface area contributed by atoms with Crippen molar-refractivity contribution in [3.8, 4) is 6.07 Å². The third kappa shape index (κ3) is 7.16. The Kier molecular flexibility index (Phi) is 8.09. The lowest BCUT2D eigenvalue weighted by atomic mass is 10.1. The maximum Gasteiger partial charge on any atom is 0.416 e. The highest BCUT2D eigenvalue weighted by molar-refractivity contribution is 7.98. The molecule has 1 unspecified atom stereocenters. The second-order valence-electron chi connectivity index (χ2n) is 5.98. The second kappa shape index (κ2) is 10.5. The van der Waals surface area contributed by atoms with Crippen molar-refractivity contribution in [1.29, 1.82) is 5.26 Å². The number of hydrogen-bond donors (Lipinski definition) is 2. The molecule has 1 atom stereocenters. The first-order valence-electron chi connectivity index (χ1n) is 8.55. The third-order valence-corrected chi connectivity index (χ3v) is 4.91. The molecular formula is C20H18F3N3O2S. The van der Waals surface area contributed by atoms with Crippen LogP contribution in [0, 0.1) is 11.3 Å². The average molecular weight is 421 g/mol. The number of nitrogens with one attached hydrogen (secondary N) is 2. The molecule has 152 valence electrons. The van der Waals surface area contributed by atoms with Crippen molar-refractivity contribution >= 4 is 23.6 Å². The molecule has 0 saturated heterocycles. The van der Waals surface area contributed by atoms with E-state index in [-0.39, 0.29) is 18.1 Å². The standard InChI is InChI=1S/C20H18F3N3O2S/c21-20(22,23)16-8-4-5-14(11-16)12-29-13-17(19(28)25-10-9-24)26-18(27)15-6-2-1-3-7-15/h1-8,11,17H,10,12-13H2,(H,25,28)(H,26,27). The Hall–Kier alpha value is -2.99. The van der Waals surface area contributed by atoms with E-state index in [1.165, 1.54) is 17.8 Å². The summed E-state index contributed by atoms with van der Waals surface area (Å²) in [5, 5.41) is 13.6. The monoisotopic (exact) mass is 421 g/mol. The van der Waals surface area contributed by atoms with Crippen LogP contribution in [0.1, 0.15) is 21.5 Å². The van der Waals surface area contributed by atoms with Crippen molar-refractivity contribution in [2.45, 2.75) is 18.0 Å². The van der Waals surface area contributed by atoms with Crippen molar-refractivity contribution in [2.75, 3.05) is 12.3 Å². The average Bonchev–Trinajstić information content (AvgIpc) is 2.71. The van der Waals surface area contributed by atoms with Crippen LogP contribution < -0.4 is 10.6 Å². The highest BCUT2D eigenvalue weighted by Gasteiger charge is 2.30. The Labute approximate surface area is 170 Å². The van der Waals surface area contributed by atoms with Crippen LogP contribution in [-0.4, -0.2) is 30.2 Å². The number of rotatable bonds is 8. The Morgan fingerprint density at radius 3 is 2.48 bits per heavy atom. The van der Waals surface area contributed by atoms with Gasteiger partial charge in [0.25, 0.3) is 5.91 Å². The predicted octanol–water partition coefficient (Wildman–Crippen LogP) is 3.38. The minimum absolute atomic E-state index is 0.131. The molecule has 2 rings (SSSR count). The van der Waals surface area contributed by atoms with Crippen LogP contribution in [-0.2, 0) is 16.7 Å². The number of carbonyl (C=O) groups excluding carboxylic acids is 2. The van der Waals surface area contributed by atoms with Gasteiger partial charge in [-0.25, -0.2) is 0 Å². The Morgan fingerprint density at radius 1 is 1.10 bits per heavy atom. The zero-order valence-electron chi connectivity index (χ0n) is 15.2. The summed E-state index contributed by atoms with van der Waals surface area (Å²) >= 11 is 1.21. The van der Waals surface area contributed by atoms with Crippen molar-refractivity contribution in [3.05, 3.63) is 71.3 Å². The fraction of sp³-hybridized carbons (Fsp3) is 0.250. The molecule has 2 aromatic carbocycles. The summed E-state index contributed by atoms with van der Waals surface area (Å²) in [5.41, 5.74) is 0.0835. The molecule has 0 spiro atoms. The van der Waals surface area contributed by atoms with Gasteiger partial charge in [0.1, 0.15) is 12.6 Å². The molecular weight excluding hydrogens is 403 g/mol. The Morgan fingerprint density at radius 2 is 1.83 bits per heavy atom. The van der Waals surface area contributed by atoms with E-state index in [0.717, 1.165) is 12.1 Å². The van der Waals surface area contributed by atoms with Crippen molar-refractivity contribution in [3.63, 3.8) is 0 Å². The minimum Gasteiger partial charge on any atom is -0.341 e. The van der Waals surface area contributed by atoms with Gasteiger partial charge in [-0.15, -0.1) is 0 Å². The molecule has 0 heterocycles. The van der Waals surface area contributed by atoms with Gasteiger partial charge in [-0.2, -0.15) is 30.2 Å². The van der Waals surface area contributed by atoms with Gasteiger partial charge in [-0.3, -0.25) is 9.59 Å². The third-order valence-electron chi connectivity index (χ3n) is 3.81. The van der Waals surface area contributed by atoms with Gasteiger partial charge < -0.3 is 10.6 Å². The molecule has 0 radical (unpaired) electrons. The highest BCUT2D eigenvalue weighted by Crippen LogP contribution is 2.30. The lowest BCUT2D eigenvalue weighted by molar-refractivity contribution is -0.137. The zero-order valence-corrected chi connectivity index (χ0v) is 16.0. The van der Waals surface area contributed by atoms with Crippen molar-refractivity contribution in [2.24, 2.45) is 0 Å². The zero-order chi connectivity index (χ0) is 21.3. The summed E-state index contributed by atoms with van der Waals surface area (Å²) in [4.78, 5) is 24.6. The van der Waals surface area contributed by atoms with Crippen LogP contribution >= 0.6 is 11.8 Å². The molecule has 0 saturated carbocycles. The number of alkyl halides is 3. The molecule has 29 heavy (non-hydrogen) atoms. The largest absolute Gasteiger partial charge is 0.416 e. The fourth-order valence-electron chi connectivity index (χ4n) is 2.40. The van der Waals surface area contributed by atoms with E-state index in [2.05, 4.69) is 10.6 Å². The van der Waals surface area contributed by atoms with E-state index in [4.69, 9.17) is 5.26 Å². The van der Waals surface area contributed by atoms with Gasteiger partial charge in [0.2, 0.25) is 5.91 Å². The molecule has 0 aliphatic rings. The maximum absolute atomic E-state index is 12.8. The summed E-state index contributed by atoms with van der Waals surface area (Å²) in [6, 6.07) is 14.1. The lowest BCUT2D eigenvalue weighted by Gasteiger charge is -2.18. The lowest BCUT2D eigenvalue weighted by Crippen LogP contribution is -2.48. The summed E-state index contributed by atoms with van der Waals surface area (Å²) in [7, 11) is 0. The maximum atomic E-state index is 12.8. The first kappa shape index (κ1) is 22.3. The van der Waals surface area contributed by atoms with E-state index in [1.54, 1.807) is 42.5 Å². The number of halogens is 3. The fourth-order valence-corrected chi connectivity index (χ4v) is 3.40. The molecule has 0 bridgehead atoms. The van der Waals surface area contributed by atoms with Crippen molar-refractivity contribution < 1.29 is 22.8 Å². The van der Waals surface area contributed by atoms with E-state index < -0.39 is 29.6 Å². The number of hydrogen-bond acceptors (Lipinski definition) is 4. The molecule has 0 aliphatic carbocycles. The highest BCUT2D eigenvalue weighted by atomic mass is 32.2. The van der Waals surface area contributed by atoms with E-state index in [1.807, 2.05) is 0 Å². The van der Waals surface area contributed by atoms with Crippen LogP contribution in [0.5, 0.6) is 0 Å². The first-order chi connectivity index (χ1) is 13.8. The molecule has 0 fully saturated rings. The molecule has 2 N–H and O–H groups in total. The Bertz CT molecular complexity index is 883. The van der Waals surface area contributed by atoms with Crippen molar-refractivity contribution in [1.82, 2.24) is 10.6 Å². The molecule has 0 aromatic heterocycles. The van der Waals surface area contributed by atoms with E-state index in [9.17, 15) is 22.8 Å². The van der Waals surface area contributed by atoms with Crippen LogP contribution in [0.3, 0.4) is 0 Å². The number of amides is 2. The molecule has 9 heteroatoms. The summed E-state index contributed by atoms with van der Waals surface area (Å²) in [6.07, 6.45) is -4.43. The van der Waals surface area contributed by atoms with Gasteiger partial charge in [-0.1, -0.05) is 36.4 Å². The minimum atomic E-state index is -4.43. The normalized spacial score (nSPS) is 11.9. The number of nitriles is 1. The van der Waals surface area contributed by atoms with Gasteiger partial charge in [0, 0.05) is 17.1 Å². The second-order valence-corrected chi connectivity index (χ2v) is 7.01. The molecule has 2 aromatic rings. The quantitative estimate of drug-likeness (QED) is 0.641. The van der Waals surface area contributed by atoms with E-state index in [0.29, 0.717) is 11.1 Å². The smallest absolute Gasteiger partial charge is 0.341 e. The SMILES string of the molecule is N#CCNC(=O)C(CSCc1cccc(C(F)(F)F)c1)NC(=O)c1ccccc1. The summed E-state index contributed by atoms with van der Waals surface area (Å²) < 4.78 is 38.4. The molecule has 0 aliphatic heterocycles. The summed E-state index contributed by atoms with van der Waals surface area (Å²) in [5.74, 6) is -0.631. The van der Waals surface area contributed by atoms with Gasteiger partial charge in [0.15, 0.2) is 0 Å².